The van der Waals surface area contributed by atoms with E-state index in [4.69, 9.17) is 5.73 Å². The third-order valence-corrected chi connectivity index (χ3v) is 3.70. The van der Waals surface area contributed by atoms with Crippen LogP contribution in [0.5, 0.6) is 0 Å². The third kappa shape index (κ3) is 1.91. The van der Waals surface area contributed by atoms with Gasteiger partial charge in [0, 0.05) is 13.1 Å². The summed E-state index contributed by atoms with van der Waals surface area (Å²) in [6, 6.07) is -0.375. The van der Waals surface area contributed by atoms with Gasteiger partial charge in [-0.05, 0) is 25.3 Å². The Morgan fingerprint density at radius 2 is 2.12 bits per heavy atom. The van der Waals surface area contributed by atoms with E-state index in [0.717, 1.165) is 25.9 Å². The monoisotopic (exact) mass is 225 g/mol. The lowest BCUT2D eigenvalue weighted by Gasteiger charge is -2.26. The second-order valence-electron chi connectivity index (χ2n) is 4.83. The maximum atomic E-state index is 12.3. The Morgan fingerprint density at radius 1 is 1.38 bits per heavy atom. The zero-order valence-corrected chi connectivity index (χ0v) is 9.61. The lowest BCUT2D eigenvalue weighted by Crippen LogP contribution is -2.47. The van der Waals surface area contributed by atoms with E-state index < -0.39 is 0 Å². The van der Waals surface area contributed by atoms with Gasteiger partial charge in [-0.2, -0.15) is 0 Å². The van der Waals surface area contributed by atoms with Gasteiger partial charge in [0.2, 0.25) is 11.8 Å². The number of hydrogen-bond donors (Lipinski definition) is 2. The fourth-order valence-electron chi connectivity index (χ4n) is 2.68. The minimum atomic E-state index is -0.375. The number of carbonyl (C=O) groups excluding carboxylic acids is 2. The van der Waals surface area contributed by atoms with E-state index in [-0.39, 0.29) is 23.8 Å². The molecule has 3 N–H and O–H groups in total. The number of rotatable bonds is 2. The van der Waals surface area contributed by atoms with E-state index in [9.17, 15) is 9.59 Å². The highest BCUT2D eigenvalue weighted by Crippen LogP contribution is 2.24. The molecule has 5 nitrogen and oxygen atoms in total. The molecule has 3 atom stereocenters. The summed E-state index contributed by atoms with van der Waals surface area (Å²) in [5.74, 6) is 0.0878. The van der Waals surface area contributed by atoms with E-state index in [1.807, 2.05) is 0 Å². The van der Waals surface area contributed by atoms with E-state index in [2.05, 4.69) is 12.2 Å². The van der Waals surface area contributed by atoms with Gasteiger partial charge in [0.1, 0.15) is 6.04 Å². The van der Waals surface area contributed by atoms with Crippen LogP contribution in [0.15, 0.2) is 0 Å². The molecule has 0 radical (unpaired) electrons. The second kappa shape index (κ2) is 4.41. The molecule has 0 aromatic heterocycles. The fourth-order valence-corrected chi connectivity index (χ4v) is 2.68. The lowest BCUT2D eigenvalue weighted by molar-refractivity contribution is -0.141. The predicted molar refractivity (Wildman–Crippen MR) is 59.5 cm³/mol. The first kappa shape index (κ1) is 11.4. The molecule has 0 bridgehead atoms. The van der Waals surface area contributed by atoms with Crippen molar-refractivity contribution >= 4 is 11.8 Å². The predicted octanol–water partition coefficient (Wildman–Crippen LogP) is -0.682. The van der Waals surface area contributed by atoms with Gasteiger partial charge in [0.15, 0.2) is 0 Å². The molecule has 5 heteroatoms. The van der Waals surface area contributed by atoms with Crippen molar-refractivity contribution in [2.75, 3.05) is 19.6 Å². The molecule has 2 heterocycles. The molecule has 16 heavy (non-hydrogen) atoms. The number of nitrogens with one attached hydrogen (secondary N) is 1. The molecule has 2 rings (SSSR count). The molecule has 2 aliphatic heterocycles. The Bertz CT molecular complexity index is 306. The standard InChI is InChI=1S/C11H19N3O2/c1-7-5-13-6-8(7)11(16)14-4-2-3-9(14)10(12)15/h7-9,13H,2-6H2,1H3,(H2,12,15). The third-order valence-electron chi connectivity index (χ3n) is 3.70. The van der Waals surface area contributed by atoms with Gasteiger partial charge in [-0.25, -0.2) is 0 Å². The Labute approximate surface area is 95.3 Å². The number of nitrogens with two attached hydrogens (primary N) is 1. The van der Waals surface area contributed by atoms with Crippen molar-refractivity contribution in [1.82, 2.24) is 10.2 Å². The summed E-state index contributed by atoms with van der Waals surface area (Å²) in [5.41, 5.74) is 5.31. The normalized spacial score (nSPS) is 34.3. The first-order valence-electron chi connectivity index (χ1n) is 5.91. The quantitative estimate of drug-likeness (QED) is 0.653. The second-order valence-corrected chi connectivity index (χ2v) is 4.83. The van der Waals surface area contributed by atoms with E-state index in [0.29, 0.717) is 12.5 Å². The van der Waals surface area contributed by atoms with Crippen LogP contribution in [0, 0.1) is 11.8 Å². The van der Waals surface area contributed by atoms with Crippen molar-refractivity contribution in [2.45, 2.75) is 25.8 Å². The van der Waals surface area contributed by atoms with Crippen LogP contribution < -0.4 is 11.1 Å². The Kier molecular flexibility index (Phi) is 3.14. The van der Waals surface area contributed by atoms with Crippen LogP contribution >= 0.6 is 0 Å². The molecule has 2 fully saturated rings. The molecular weight excluding hydrogens is 206 g/mol. The van der Waals surface area contributed by atoms with Crippen LogP contribution in [0.4, 0.5) is 0 Å². The highest BCUT2D eigenvalue weighted by molar-refractivity contribution is 5.88. The molecule has 3 unspecified atom stereocenters. The average Bonchev–Trinajstić information content (AvgIpc) is 2.84. The van der Waals surface area contributed by atoms with Gasteiger partial charge in [-0.3, -0.25) is 9.59 Å². The first-order chi connectivity index (χ1) is 7.61. The Balaban J connectivity index is 2.06. The van der Waals surface area contributed by atoms with Gasteiger partial charge < -0.3 is 16.0 Å². The van der Waals surface area contributed by atoms with Gasteiger partial charge in [0.05, 0.1) is 5.92 Å². The zero-order chi connectivity index (χ0) is 11.7. The molecule has 0 saturated carbocycles. The maximum absolute atomic E-state index is 12.3. The van der Waals surface area contributed by atoms with Crippen LogP contribution in [0.2, 0.25) is 0 Å². The number of carbonyl (C=O) groups is 2. The fraction of sp³-hybridized carbons (Fsp3) is 0.818. The van der Waals surface area contributed by atoms with Gasteiger partial charge in [-0.15, -0.1) is 0 Å². The van der Waals surface area contributed by atoms with Crippen LogP contribution in [-0.2, 0) is 9.59 Å². The van der Waals surface area contributed by atoms with Crippen molar-refractivity contribution in [3.8, 4) is 0 Å². The molecule has 90 valence electrons. The summed E-state index contributed by atoms with van der Waals surface area (Å²) >= 11 is 0. The lowest BCUT2D eigenvalue weighted by atomic mass is 9.96. The number of nitrogens with zero attached hydrogens (tertiary/aromatic N) is 1. The maximum Gasteiger partial charge on any atom is 0.240 e. The van der Waals surface area contributed by atoms with Crippen LogP contribution in [0.3, 0.4) is 0 Å². The minimum Gasteiger partial charge on any atom is -0.368 e. The molecule has 2 saturated heterocycles. The molecule has 2 amide bonds. The van der Waals surface area contributed by atoms with E-state index in [1.54, 1.807) is 4.90 Å². The van der Waals surface area contributed by atoms with E-state index in [1.165, 1.54) is 0 Å². The number of hydrogen-bond acceptors (Lipinski definition) is 3. The molecular formula is C11H19N3O2. The van der Waals surface area contributed by atoms with Crippen molar-refractivity contribution in [3.63, 3.8) is 0 Å². The molecule has 0 aliphatic carbocycles. The van der Waals surface area contributed by atoms with Crippen LogP contribution in [0.1, 0.15) is 19.8 Å². The smallest absolute Gasteiger partial charge is 0.240 e. The number of amides is 2. The summed E-state index contributed by atoms with van der Waals surface area (Å²) in [6.45, 7) is 4.35. The summed E-state index contributed by atoms with van der Waals surface area (Å²) < 4.78 is 0. The molecule has 0 aromatic carbocycles. The molecule has 0 aromatic rings. The van der Waals surface area contributed by atoms with Crippen molar-refractivity contribution in [3.05, 3.63) is 0 Å². The van der Waals surface area contributed by atoms with Crippen molar-refractivity contribution in [2.24, 2.45) is 17.6 Å². The number of likely N-dealkylation sites (tertiary alicyclic amines) is 1. The molecule has 0 spiro atoms. The number of primary amides is 1. The summed E-state index contributed by atoms with van der Waals surface area (Å²) in [5, 5.41) is 3.21. The zero-order valence-electron chi connectivity index (χ0n) is 9.61. The Morgan fingerprint density at radius 3 is 2.69 bits per heavy atom. The summed E-state index contributed by atoms with van der Waals surface area (Å²) in [6.07, 6.45) is 1.60. The highest BCUT2D eigenvalue weighted by atomic mass is 16.2. The van der Waals surface area contributed by atoms with E-state index >= 15 is 0 Å². The van der Waals surface area contributed by atoms with Crippen molar-refractivity contribution < 1.29 is 9.59 Å². The van der Waals surface area contributed by atoms with Gasteiger partial charge in [0.25, 0.3) is 0 Å². The Hall–Kier alpha value is -1.10. The first-order valence-corrected chi connectivity index (χ1v) is 5.91. The molecule has 2 aliphatic rings. The minimum absolute atomic E-state index is 0.0138. The summed E-state index contributed by atoms with van der Waals surface area (Å²) in [4.78, 5) is 25.2. The van der Waals surface area contributed by atoms with Gasteiger partial charge >= 0.3 is 0 Å². The van der Waals surface area contributed by atoms with Gasteiger partial charge in [-0.1, -0.05) is 6.92 Å². The SMILES string of the molecule is CC1CNCC1C(=O)N1CCCC1C(N)=O. The highest BCUT2D eigenvalue weighted by Gasteiger charge is 2.39. The van der Waals surface area contributed by atoms with Crippen molar-refractivity contribution in [1.29, 1.82) is 0 Å². The van der Waals surface area contributed by atoms with Crippen LogP contribution in [0.25, 0.3) is 0 Å². The topological polar surface area (TPSA) is 75.4 Å². The average molecular weight is 225 g/mol. The summed E-state index contributed by atoms with van der Waals surface area (Å²) in [7, 11) is 0. The van der Waals surface area contributed by atoms with Crippen LogP contribution in [-0.4, -0.2) is 42.4 Å². The largest absolute Gasteiger partial charge is 0.368 e.